The van der Waals surface area contributed by atoms with Gasteiger partial charge in [0.25, 0.3) is 0 Å². The summed E-state index contributed by atoms with van der Waals surface area (Å²) in [7, 11) is 0. The molecule has 1 nitrogen and oxygen atoms in total. The zero-order valence-electron chi connectivity index (χ0n) is 6.89. The highest BCUT2D eigenvalue weighted by molar-refractivity contribution is 5.53. The van der Waals surface area contributed by atoms with E-state index in [0.717, 1.165) is 19.1 Å². The molecule has 10 heavy (non-hydrogen) atoms. The van der Waals surface area contributed by atoms with E-state index in [1.165, 1.54) is 12.8 Å². The second-order valence-corrected chi connectivity index (χ2v) is 4.16. The highest BCUT2D eigenvalue weighted by Gasteiger charge is 2.27. The van der Waals surface area contributed by atoms with E-state index in [-0.39, 0.29) is 0 Å². The fraction of sp³-hybridized carbons (Fsp3) is 0.889. The SMILES string of the molecule is CC1(C)CCC[C@@H](C=O)C1. The van der Waals surface area contributed by atoms with Crippen LogP contribution in [0.5, 0.6) is 0 Å². The summed E-state index contributed by atoms with van der Waals surface area (Å²) >= 11 is 0. The van der Waals surface area contributed by atoms with Gasteiger partial charge in [0.15, 0.2) is 0 Å². The molecule has 0 spiro atoms. The maximum atomic E-state index is 10.4. The van der Waals surface area contributed by atoms with Crippen LogP contribution in [-0.2, 0) is 4.79 Å². The lowest BCUT2D eigenvalue weighted by Gasteiger charge is -2.32. The number of carbonyl (C=O) groups excluding carboxylic acids is 1. The second kappa shape index (κ2) is 2.73. The van der Waals surface area contributed by atoms with Crippen molar-refractivity contribution in [2.24, 2.45) is 11.3 Å². The van der Waals surface area contributed by atoms with Crippen LogP contribution in [-0.4, -0.2) is 6.29 Å². The Hall–Kier alpha value is -0.330. The first-order valence-corrected chi connectivity index (χ1v) is 4.09. The van der Waals surface area contributed by atoms with E-state index in [1.54, 1.807) is 0 Å². The maximum absolute atomic E-state index is 10.4. The van der Waals surface area contributed by atoms with Crippen molar-refractivity contribution in [3.63, 3.8) is 0 Å². The topological polar surface area (TPSA) is 17.1 Å². The van der Waals surface area contributed by atoms with E-state index in [4.69, 9.17) is 0 Å². The molecular formula is C9H16O. The third kappa shape index (κ3) is 1.83. The summed E-state index contributed by atoms with van der Waals surface area (Å²) in [5, 5.41) is 0. The monoisotopic (exact) mass is 140 g/mol. The highest BCUT2D eigenvalue weighted by Crippen LogP contribution is 2.37. The van der Waals surface area contributed by atoms with Crippen LogP contribution in [0.3, 0.4) is 0 Å². The molecule has 0 aromatic heterocycles. The molecule has 0 amide bonds. The van der Waals surface area contributed by atoms with Crippen LogP contribution < -0.4 is 0 Å². The van der Waals surface area contributed by atoms with E-state index in [9.17, 15) is 4.79 Å². The quantitative estimate of drug-likeness (QED) is 0.511. The fourth-order valence-electron chi connectivity index (χ4n) is 1.87. The minimum Gasteiger partial charge on any atom is -0.303 e. The van der Waals surface area contributed by atoms with Crippen LogP contribution in [0.2, 0.25) is 0 Å². The average Bonchev–Trinajstić information content (AvgIpc) is 1.86. The molecule has 0 radical (unpaired) electrons. The normalized spacial score (nSPS) is 31.6. The first kappa shape index (κ1) is 7.77. The first-order chi connectivity index (χ1) is 4.64. The van der Waals surface area contributed by atoms with E-state index in [1.807, 2.05) is 0 Å². The maximum Gasteiger partial charge on any atom is 0.123 e. The number of hydrogen-bond donors (Lipinski definition) is 0. The van der Waals surface area contributed by atoms with Crippen LogP contribution in [0.25, 0.3) is 0 Å². The van der Waals surface area contributed by atoms with Crippen molar-refractivity contribution in [1.29, 1.82) is 0 Å². The molecule has 0 bridgehead atoms. The highest BCUT2D eigenvalue weighted by atomic mass is 16.1. The van der Waals surface area contributed by atoms with Gasteiger partial charge in [-0.2, -0.15) is 0 Å². The molecule has 0 saturated heterocycles. The van der Waals surface area contributed by atoms with Crippen LogP contribution in [0.15, 0.2) is 0 Å². The summed E-state index contributed by atoms with van der Waals surface area (Å²) in [6.45, 7) is 4.51. The first-order valence-electron chi connectivity index (χ1n) is 4.09. The van der Waals surface area contributed by atoms with Gasteiger partial charge >= 0.3 is 0 Å². The lowest BCUT2D eigenvalue weighted by Crippen LogP contribution is -2.23. The Morgan fingerprint density at radius 2 is 2.20 bits per heavy atom. The number of rotatable bonds is 1. The van der Waals surface area contributed by atoms with Crippen LogP contribution >= 0.6 is 0 Å². The molecule has 0 aromatic carbocycles. The van der Waals surface area contributed by atoms with Gasteiger partial charge in [-0.05, 0) is 24.7 Å². The minimum absolute atomic E-state index is 0.351. The minimum atomic E-state index is 0.351. The zero-order valence-corrected chi connectivity index (χ0v) is 6.89. The van der Waals surface area contributed by atoms with Crippen molar-refractivity contribution >= 4 is 6.29 Å². The molecule has 0 aliphatic heterocycles. The summed E-state index contributed by atoms with van der Waals surface area (Å²) in [5.41, 5.74) is 0.420. The van der Waals surface area contributed by atoms with Crippen molar-refractivity contribution in [2.45, 2.75) is 39.5 Å². The summed E-state index contributed by atoms with van der Waals surface area (Å²) < 4.78 is 0. The van der Waals surface area contributed by atoms with E-state index in [0.29, 0.717) is 11.3 Å². The van der Waals surface area contributed by atoms with Crippen molar-refractivity contribution in [3.8, 4) is 0 Å². The van der Waals surface area contributed by atoms with Gasteiger partial charge in [-0.15, -0.1) is 0 Å². The Bertz CT molecular complexity index is 127. The molecule has 0 aromatic rings. The lowest BCUT2D eigenvalue weighted by molar-refractivity contribution is -0.113. The smallest absolute Gasteiger partial charge is 0.123 e. The van der Waals surface area contributed by atoms with Crippen LogP contribution in [0, 0.1) is 11.3 Å². The third-order valence-corrected chi connectivity index (χ3v) is 2.44. The van der Waals surface area contributed by atoms with Gasteiger partial charge in [0.05, 0.1) is 0 Å². The predicted molar refractivity (Wildman–Crippen MR) is 41.8 cm³/mol. The molecule has 1 rings (SSSR count). The molecule has 1 atom stereocenters. The summed E-state index contributed by atoms with van der Waals surface area (Å²) in [4.78, 5) is 10.4. The largest absolute Gasteiger partial charge is 0.303 e. The molecule has 0 N–H and O–H groups in total. The number of aldehydes is 1. The molecule has 1 fully saturated rings. The molecule has 0 heterocycles. The van der Waals surface area contributed by atoms with Crippen molar-refractivity contribution in [2.75, 3.05) is 0 Å². The summed E-state index contributed by atoms with van der Waals surface area (Å²) in [5.74, 6) is 0.351. The van der Waals surface area contributed by atoms with Crippen LogP contribution in [0.4, 0.5) is 0 Å². The van der Waals surface area contributed by atoms with Gasteiger partial charge in [-0.1, -0.05) is 20.3 Å². The van der Waals surface area contributed by atoms with Crippen molar-refractivity contribution < 1.29 is 4.79 Å². The third-order valence-electron chi connectivity index (χ3n) is 2.44. The van der Waals surface area contributed by atoms with Crippen molar-refractivity contribution in [1.82, 2.24) is 0 Å². The van der Waals surface area contributed by atoms with Crippen LogP contribution in [0.1, 0.15) is 39.5 Å². The molecular weight excluding hydrogens is 124 g/mol. The van der Waals surface area contributed by atoms with E-state index < -0.39 is 0 Å². The van der Waals surface area contributed by atoms with E-state index >= 15 is 0 Å². The van der Waals surface area contributed by atoms with Gasteiger partial charge in [0.1, 0.15) is 6.29 Å². The Morgan fingerprint density at radius 3 is 2.60 bits per heavy atom. The average molecular weight is 140 g/mol. The second-order valence-electron chi connectivity index (χ2n) is 4.16. The van der Waals surface area contributed by atoms with Gasteiger partial charge in [0.2, 0.25) is 0 Å². The molecule has 1 aliphatic rings. The fourth-order valence-corrected chi connectivity index (χ4v) is 1.87. The Labute approximate surface area is 62.8 Å². The molecule has 1 saturated carbocycles. The molecule has 0 unspecified atom stereocenters. The van der Waals surface area contributed by atoms with Gasteiger partial charge in [0, 0.05) is 5.92 Å². The zero-order chi connectivity index (χ0) is 7.61. The Morgan fingerprint density at radius 1 is 1.50 bits per heavy atom. The number of hydrogen-bond acceptors (Lipinski definition) is 1. The molecule has 1 aliphatic carbocycles. The van der Waals surface area contributed by atoms with E-state index in [2.05, 4.69) is 13.8 Å². The van der Waals surface area contributed by atoms with Gasteiger partial charge in [-0.25, -0.2) is 0 Å². The summed E-state index contributed by atoms with van der Waals surface area (Å²) in [6, 6.07) is 0. The summed E-state index contributed by atoms with van der Waals surface area (Å²) in [6.07, 6.45) is 5.86. The Kier molecular flexibility index (Phi) is 2.12. The van der Waals surface area contributed by atoms with Gasteiger partial charge in [-0.3, -0.25) is 0 Å². The predicted octanol–water partition coefficient (Wildman–Crippen LogP) is 2.40. The number of carbonyl (C=O) groups is 1. The lowest BCUT2D eigenvalue weighted by atomic mass is 9.73. The van der Waals surface area contributed by atoms with Crippen molar-refractivity contribution in [3.05, 3.63) is 0 Å². The molecule has 58 valence electrons. The standard InChI is InChI=1S/C9H16O/c1-9(2)5-3-4-8(6-9)7-10/h7-8H,3-6H2,1-2H3/t8-/m1/s1. The van der Waals surface area contributed by atoms with Gasteiger partial charge < -0.3 is 4.79 Å². The Balaban J connectivity index is 2.47. The molecule has 1 heteroatoms.